The molecule has 7 nitrogen and oxygen atoms in total. The first-order valence-corrected chi connectivity index (χ1v) is 8.75. The fourth-order valence-corrected chi connectivity index (χ4v) is 3.74. The molecule has 134 valence electrons. The van der Waals surface area contributed by atoms with Crippen LogP contribution in [0.5, 0.6) is 0 Å². The van der Waals surface area contributed by atoms with E-state index in [0.29, 0.717) is 11.9 Å². The van der Waals surface area contributed by atoms with Gasteiger partial charge < -0.3 is 9.64 Å². The number of anilines is 1. The van der Waals surface area contributed by atoms with Gasteiger partial charge in [-0.1, -0.05) is 0 Å². The maximum atomic E-state index is 13.0. The minimum atomic E-state index is -0.398. The highest BCUT2D eigenvalue weighted by Crippen LogP contribution is 2.34. The number of nitrogens with zero attached hydrogens (tertiary/aromatic N) is 6. The molecule has 0 unspecified atom stereocenters. The molecule has 0 N–H and O–H groups in total. The average molecular weight is 346 g/mol. The van der Waals surface area contributed by atoms with Crippen molar-refractivity contribution in [2.45, 2.75) is 12.5 Å². The van der Waals surface area contributed by atoms with Crippen molar-refractivity contribution in [1.82, 2.24) is 24.6 Å². The van der Waals surface area contributed by atoms with E-state index in [-0.39, 0.29) is 6.10 Å². The van der Waals surface area contributed by atoms with E-state index in [0.717, 1.165) is 51.4 Å². The summed E-state index contributed by atoms with van der Waals surface area (Å²) in [5, 5.41) is 4.27. The van der Waals surface area contributed by atoms with Crippen molar-refractivity contribution >= 4 is 5.95 Å². The molecule has 2 saturated heterocycles. The van der Waals surface area contributed by atoms with Gasteiger partial charge in [0, 0.05) is 58.5 Å². The molecule has 2 aliphatic heterocycles. The highest BCUT2D eigenvalue weighted by atomic mass is 19.1. The van der Waals surface area contributed by atoms with Gasteiger partial charge in [-0.2, -0.15) is 5.10 Å². The molecule has 25 heavy (non-hydrogen) atoms. The standard InChI is InChI=1S/C17H23FN6O/c1-22-15(2-4-21-22)16-13(3-9-25-16)12-23-5-7-24(8-6-23)17-19-10-14(18)11-20-17/h2,4,10-11,13,16H,3,5-9,12H2,1H3/t13-,16+/m0/s1. The zero-order valence-corrected chi connectivity index (χ0v) is 14.4. The van der Waals surface area contributed by atoms with Crippen molar-refractivity contribution < 1.29 is 9.13 Å². The molecule has 2 aromatic rings. The van der Waals surface area contributed by atoms with Crippen LogP contribution in [0.4, 0.5) is 10.3 Å². The molecule has 0 radical (unpaired) electrons. The smallest absolute Gasteiger partial charge is 0.225 e. The summed E-state index contributed by atoms with van der Waals surface area (Å²) in [6.07, 6.45) is 5.49. The predicted octanol–water partition coefficient (Wildman–Crippen LogP) is 1.25. The summed E-state index contributed by atoms with van der Waals surface area (Å²) in [4.78, 5) is 12.7. The minimum Gasteiger partial charge on any atom is -0.372 e. The van der Waals surface area contributed by atoms with Gasteiger partial charge in [0.05, 0.1) is 18.1 Å². The van der Waals surface area contributed by atoms with Crippen molar-refractivity contribution in [1.29, 1.82) is 0 Å². The number of aromatic nitrogens is 4. The maximum absolute atomic E-state index is 13.0. The minimum absolute atomic E-state index is 0.131. The molecular formula is C17H23FN6O. The molecule has 8 heteroatoms. The maximum Gasteiger partial charge on any atom is 0.225 e. The molecule has 0 spiro atoms. The number of piperazine rings is 1. The molecule has 4 rings (SSSR count). The third kappa shape index (κ3) is 3.50. The summed E-state index contributed by atoms with van der Waals surface area (Å²) in [5.41, 5.74) is 1.15. The van der Waals surface area contributed by atoms with Crippen molar-refractivity contribution in [2.75, 3.05) is 44.2 Å². The summed E-state index contributed by atoms with van der Waals surface area (Å²) in [6, 6.07) is 2.05. The lowest BCUT2D eigenvalue weighted by Crippen LogP contribution is -2.48. The average Bonchev–Trinajstić information content (AvgIpc) is 3.25. The lowest BCUT2D eigenvalue weighted by atomic mass is 9.98. The Labute approximate surface area is 146 Å². The Kier molecular flexibility index (Phi) is 4.63. The third-order valence-electron chi connectivity index (χ3n) is 5.12. The Morgan fingerprint density at radius 3 is 2.64 bits per heavy atom. The quantitative estimate of drug-likeness (QED) is 0.830. The van der Waals surface area contributed by atoms with Gasteiger partial charge in [0.1, 0.15) is 6.10 Å². The van der Waals surface area contributed by atoms with Crippen LogP contribution in [-0.4, -0.2) is 64.0 Å². The molecule has 0 saturated carbocycles. The van der Waals surface area contributed by atoms with Crippen LogP contribution in [0.15, 0.2) is 24.7 Å². The summed E-state index contributed by atoms with van der Waals surface area (Å²) in [7, 11) is 1.97. The van der Waals surface area contributed by atoms with E-state index in [1.54, 1.807) is 0 Å². The predicted molar refractivity (Wildman–Crippen MR) is 90.7 cm³/mol. The normalized spacial score (nSPS) is 24.8. The van der Waals surface area contributed by atoms with Crippen LogP contribution in [-0.2, 0) is 11.8 Å². The Morgan fingerprint density at radius 2 is 1.96 bits per heavy atom. The molecular weight excluding hydrogens is 323 g/mol. The van der Waals surface area contributed by atoms with Gasteiger partial charge in [0.25, 0.3) is 0 Å². The third-order valence-corrected chi connectivity index (χ3v) is 5.12. The van der Waals surface area contributed by atoms with Gasteiger partial charge in [-0.3, -0.25) is 9.58 Å². The Balaban J connectivity index is 1.34. The van der Waals surface area contributed by atoms with E-state index in [2.05, 4.69) is 24.9 Å². The van der Waals surface area contributed by atoms with E-state index in [1.165, 1.54) is 12.4 Å². The molecule has 0 aromatic carbocycles. The molecule has 2 fully saturated rings. The fourth-order valence-electron chi connectivity index (χ4n) is 3.74. The van der Waals surface area contributed by atoms with Crippen LogP contribution in [0, 0.1) is 11.7 Å². The first-order valence-electron chi connectivity index (χ1n) is 8.75. The van der Waals surface area contributed by atoms with Crippen LogP contribution in [0.2, 0.25) is 0 Å². The summed E-state index contributed by atoms with van der Waals surface area (Å²) < 4.78 is 20.8. The van der Waals surface area contributed by atoms with E-state index < -0.39 is 5.82 Å². The fraction of sp³-hybridized carbons (Fsp3) is 0.588. The highest BCUT2D eigenvalue weighted by molar-refractivity contribution is 5.29. The van der Waals surface area contributed by atoms with Crippen molar-refractivity contribution in [3.63, 3.8) is 0 Å². The zero-order valence-electron chi connectivity index (χ0n) is 14.4. The second kappa shape index (κ2) is 7.05. The van der Waals surface area contributed by atoms with E-state index in [9.17, 15) is 4.39 Å². The van der Waals surface area contributed by atoms with Crippen LogP contribution < -0.4 is 4.90 Å². The number of halogens is 1. The van der Waals surface area contributed by atoms with E-state index in [4.69, 9.17) is 4.74 Å². The topological polar surface area (TPSA) is 59.3 Å². The Bertz CT molecular complexity index is 697. The number of rotatable bonds is 4. The summed E-state index contributed by atoms with van der Waals surface area (Å²) >= 11 is 0. The number of ether oxygens (including phenoxy) is 1. The van der Waals surface area contributed by atoms with Gasteiger partial charge in [0.2, 0.25) is 5.95 Å². The van der Waals surface area contributed by atoms with Gasteiger partial charge in [-0.05, 0) is 12.5 Å². The monoisotopic (exact) mass is 346 g/mol. The number of hydrogen-bond donors (Lipinski definition) is 0. The van der Waals surface area contributed by atoms with Crippen molar-refractivity contribution in [3.05, 3.63) is 36.2 Å². The lowest BCUT2D eigenvalue weighted by Gasteiger charge is -2.36. The molecule has 0 bridgehead atoms. The van der Waals surface area contributed by atoms with Gasteiger partial charge in [-0.25, -0.2) is 14.4 Å². The largest absolute Gasteiger partial charge is 0.372 e. The van der Waals surface area contributed by atoms with Crippen LogP contribution in [0.25, 0.3) is 0 Å². The second-order valence-corrected chi connectivity index (χ2v) is 6.71. The van der Waals surface area contributed by atoms with Crippen LogP contribution in [0.3, 0.4) is 0 Å². The molecule has 2 aromatic heterocycles. The van der Waals surface area contributed by atoms with Gasteiger partial charge in [-0.15, -0.1) is 0 Å². The first-order chi connectivity index (χ1) is 12.2. The first kappa shape index (κ1) is 16.4. The molecule has 2 atom stereocenters. The Morgan fingerprint density at radius 1 is 1.20 bits per heavy atom. The van der Waals surface area contributed by atoms with E-state index in [1.807, 2.05) is 24.0 Å². The highest BCUT2D eigenvalue weighted by Gasteiger charge is 2.33. The molecule has 0 amide bonds. The van der Waals surface area contributed by atoms with Gasteiger partial charge in [0.15, 0.2) is 5.82 Å². The zero-order chi connectivity index (χ0) is 17.2. The molecule has 0 aliphatic carbocycles. The summed E-state index contributed by atoms with van der Waals surface area (Å²) in [6.45, 7) is 5.45. The van der Waals surface area contributed by atoms with Gasteiger partial charge >= 0.3 is 0 Å². The second-order valence-electron chi connectivity index (χ2n) is 6.71. The molecule has 4 heterocycles. The lowest BCUT2D eigenvalue weighted by molar-refractivity contribution is 0.0710. The number of aryl methyl sites for hydroxylation is 1. The molecule has 2 aliphatic rings. The number of hydrogen-bond acceptors (Lipinski definition) is 6. The Hall–Kier alpha value is -2.06. The summed E-state index contributed by atoms with van der Waals surface area (Å²) in [5.74, 6) is 0.701. The van der Waals surface area contributed by atoms with Crippen LogP contribution in [0.1, 0.15) is 18.2 Å². The van der Waals surface area contributed by atoms with Crippen LogP contribution >= 0.6 is 0 Å². The SMILES string of the molecule is Cn1nccc1[C@@H]1OCC[C@H]1CN1CCN(c2ncc(F)cn2)CC1. The van der Waals surface area contributed by atoms with E-state index >= 15 is 0 Å². The van der Waals surface area contributed by atoms with Crippen molar-refractivity contribution in [2.24, 2.45) is 13.0 Å². The van der Waals surface area contributed by atoms with Crippen molar-refractivity contribution in [3.8, 4) is 0 Å².